The van der Waals surface area contributed by atoms with Gasteiger partial charge in [-0.25, -0.2) is 0 Å². The Morgan fingerprint density at radius 2 is 2.00 bits per heavy atom. The van der Waals surface area contributed by atoms with Crippen LogP contribution in [-0.2, 0) is 4.79 Å². The van der Waals surface area contributed by atoms with Gasteiger partial charge in [0.05, 0.1) is 30.0 Å². The highest BCUT2D eigenvalue weighted by molar-refractivity contribution is 5.79. The molecule has 1 N–H and O–H groups in total. The summed E-state index contributed by atoms with van der Waals surface area (Å²) >= 11 is 0. The number of nitrogens with zero attached hydrogens (tertiary/aromatic N) is 5. The molecule has 2 aromatic heterocycles. The molecule has 1 unspecified atom stereocenters. The van der Waals surface area contributed by atoms with Gasteiger partial charge in [-0.2, -0.15) is 5.10 Å². The molecule has 1 saturated heterocycles. The Labute approximate surface area is 160 Å². The smallest absolute Gasteiger partial charge is 0.224 e. The summed E-state index contributed by atoms with van der Waals surface area (Å²) in [5.41, 5.74) is 1.85. The first-order valence-corrected chi connectivity index (χ1v) is 9.98. The Hall–Kier alpha value is -2.28. The van der Waals surface area contributed by atoms with Crippen molar-refractivity contribution in [3.63, 3.8) is 0 Å². The monoisotopic (exact) mass is 368 g/mol. The number of carbonyl (C=O) groups excluding carboxylic acids is 1. The largest absolute Gasteiger partial charge is 0.353 e. The molecular weight excluding hydrogens is 340 g/mol. The van der Waals surface area contributed by atoms with Crippen molar-refractivity contribution in [3.05, 3.63) is 31.0 Å². The SMILES string of the molecule is CN1CCCC(C(=O)NC2CCC(n3cc(-c4cnccn4)cn3)CC2)C1. The number of piperidine rings is 1. The van der Waals surface area contributed by atoms with Gasteiger partial charge in [0.2, 0.25) is 5.91 Å². The minimum absolute atomic E-state index is 0.155. The molecule has 1 atom stereocenters. The van der Waals surface area contributed by atoms with Crippen molar-refractivity contribution >= 4 is 5.91 Å². The summed E-state index contributed by atoms with van der Waals surface area (Å²) in [4.78, 5) is 23.3. The van der Waals surface area contributed by atoms with E-state index < -0.39 is 0 Å². The van der Waals surface area contributed by atoms with E-state index in [1.807, 2.05) is 6.20 Å². The van der Waals surface area contributed by atoms with Crippen LogP contribution >= 0.6 is 0 Å². The molecule has 2 aliphatic rings. The second-order valence-electron chi connectivity index (χ2n) is 7.92. The van der Waals surface area contributed by atoms with Crippen LogP contribution in [-0.4, -0.2) is 56.7 Å². The van der Waals surface area contributed by atoms with Crippen molar-refractivity contribution in [2.24, 2.45) is 5.92 Å². The molecule has 0 radical (unpaired) electrons. The van der Waals surface area contributed by atoms with Crippen LogP contribution in [0, 0.1) is 5.92 Å². The van der Waals surface area contributed by atoms with E-state index in [0.29, 0.717) is 12.1 Å². The third-order valence-corrected chi connectivity index (χ3v) is 5.87. The summed E-state index contributed by atoms with van der Waals surface area (Å²) in [5, 5.41) is 7.84. The lowest BCUT2D eigenvalue weighted by molar-refractivity contribution is -0.127. The predicted molar refractivity (Wildman–Crippen MR) is 103 cm³/mol. The molecule has 0 bridgehead atoms. The molecule has 3 heterocycles. The lowest BCUT2D eigenvalue weighted by Crippen LogP contribution is -2.46. The number of carbonyl (C=O) groups is 1. The van der Waals surface area contributed by atoms with Gasteiger partial charge in [-0.3, -0.25) is 19.4 Å². The molecular formula is C20H28N6O. The average Bonchev–Trinajstić information content (AvgIpc) is 3.19. The number of likely N-dealkylation sites (tertiary alicyclic amines) is 1. The summed E-state index contributed by atoms with van der Waals surface area (Å²) in [6.07, 6.45) is 15.3. The molecule has 144 valence electrons. The zero-order valence-electron chi connectivity index (χ0n) is 15.9. The molecule has 1 saturated carbocycles. The number of amides is 1. The van der Waals surface area contributed by atoms with Gasteiger partial charge in [0.25, 0.3) is 0 Å². The molecule has 7 heteroatoms. The number of hydrogen-bond donors (Lipinski definition) is 1. The van der Waals surface area contributed by atoms with E-state index in [1.54, 1.807) is 18.6 Å². The normalized spacial score (nSPS) is 26.6. The van der Waals surface area contributed by atoms with E-state index in [2.05, 4.69) is 43.2 Å². The Morgan fingerprint density at radius 1 is 1.15 bits per heavy atom. The van der Waals surface area contributed by atoms with Crippen molar-refractivity contribution < 1.29 is 4.79 Å². The van der Waals surface area contributed by atoms with Crippen molar-refractivity contribution in [3.8, 4) is 11.3 Å². The van der Waals surface area contributed by atoms with E-state index in [9.17, 15) is 4.79 Å². The summed E-state index contributed by atoms with van der Waals surface area (Å²) in [5.74, 6) is 0.399. The van der Waals surface area contributed by atoms with Gasteiger partial charge >= 0.3 is 0 Å². The zero-order chi connectivity index (χ0) is 18.6. The standard InChI is InChI=1S/C20H28N6O/c1-25-10-2-3-15(13-25)20(27)24-17-4-6-18(7-5-17)26-14-16(11-23-26)19-12-21-8-9-22-19/h8-9,11-12,14-15,17-18H,2-7,10,13H2,1H3,(H,24,27). The van der Waals surface area contributed by atoms with E-state index in [-0.39, 0.29) is 11.8 Å². The third-order valence-electron chi connectivity index (χ3n) is 5.87. The van der Waals surface area contributed by atoms with Crippen molar-refractivity contribution in [1.82, 2.24) is 30.0 Å². The molecule has 4 rings (SSSR count). The number of hydrogen-bond acceptors (Lipinski definition) is 5. The molecule has 1 aliphatic heterocycles. The maximum atomic E-state index is 12.6. The predicted octanol–water partition coefficient (Wildman–Crippen LogP) is 2.28. The summed E-state index contributed by atoms with van der Waals surface area (Å²) in [7, 11) is 2.10. The lowest BCUT2D eigenvalue weighted by Gasteiger charge is -2.33. The first-order chi connectivity index (χ1) is 13.2. The van der Waals surface area contributed by atoms with Crippen molar-refractivity contribution in [1.29, 1.82) is 0 Å². The lowest BCUT2D eigenvalue weighted by atomic mass is 9.90. The molecule has 0 aromatic carbocycles. The second kappa shape index (κ2) is 8.17. The second-order valence-corrected chi connectivity index (χ2v) is 7.92. The minimum Gasteiger partial charge on any atom is -0.353 e. The van der Waals surface area contributed by atoms with Gasteiger partial charge in [-0.1, -0.05) is 0 Å². The number of rotatable bonds is 4. The van der Waals surface area contributed by atoms with E-state index in [4.69, 9.17) is 0 Å². The van der Waals surface area contributed by atoms with Crippen LogP contribution in [0.1, 0.15) is 44.6 Å². The van der Waals surface area contributed by atoms with Crippen LogP contribution in [0.2, 0.25) is 0 Å². The molecule has 0 spiro atoms. The highest BCUT2D eigenvalue weighted by atomic mass is 16.2. The van der Waals surface area contributed by atoms with Crippen LogP contribution in [0.15, 0.2) is 31.0 Å². The fourth-order valence-corrected chi connectivity index (χ4v) is 4.30. The molecule has 7 nitrogen and oxygen atoms in total. The minimum atomic E-state index is 0.155. The average molecular weight is 368 g/mol. The summed E-state index contributed by atoms with van der Waals surface area (Å²) < 4.78 is 2.05. The molecule has 2 fully saturated rings. The van der Waals surface area contributed by atoms with Crippen LogP contribution in [0.4, 0.5) is 0 Å². The Kier molecular flexibility index (Phi) is 5.48. The fraction of sp³-hybridized carbons (Fsp3) is 0.600. The van der Waals surface area contributed by atoms with Gasteiger partial charge < -0.3 is 10.2 Å². The third kappa shape index (κ3) is 4.35. The van der Waals surface area contributed by atoms with Crippen molar-refractivity contribution in [2.45, 2.75) is 50.6 Å². The Morgan fingerprint density at radius 3 is 2.74 bits per heavy atom. The summed E-state index contributed by atoms with van der Waals surface area (Å²) in [6.45, 7) is 1.99. The number of nitrogens with one attached hydrogen (secondary N) is 1. The maximum Gasteiger partial charge on any atom is 0.224 e. The first kappa shape index (κ1) is 18.1. The van der Waals surface area contributed by atoms with Crippen LogP contribution in [0.25, 0.3) is 11.3 Å². The topological polar surface area (TPSA) is 75.9 Å². The molecule has 1 aliphatic carbocycles. The van der Waals surface area contributed by atoms with Gasteiger partial charge in [-0.05, 0) is 52.1 Å². The fourth-order valence-electron chi connectivity index (χ4n) is 4.30. The van der Waals surface area contributed by atoms with E-state index in [1.165, 1.54) is 0 Å². The zero-order valence-corrected chi connectivity index (χ0v) is 15.9. The van der Waals surface area contributed by atoms with E-state index >= 15 is 0 Å². The van der Waals surface area contributed by atoms with Crippen molar-refractivity contribution in [2.75, 3.05) is 20.1 Å². The molecule has 27 heavy (non-hydrogen) atoms. The number of aromatic nitrogens is 4. The molecule has 1 amide bonds. The maximum absolute atomic E-state index is 12.6. The highest BCUT2D eigenvalue weighted by Crippen LogP contribution is 2.29. The van der Waals surface area contributed by atoms with Gasteiger partial charge in [0.1, 0.15) is 0 Å². The van der Waals surface area contributed by atoms with Crippen LogP contribution < -0.4 is 5.32 Å². The Balaban J connectivity index is 1.29. The van der Waals surface area contributed by atoms with Crippen LogP contribution in [0.3, 0.4) is 0 Å². The molecule has 2 aromatic rings. The van der Waals surface area contributed by atoms with Gasteiger partial charge in [-0.15, -0.1) is 0 Å². The highest BCUT2D eigenvalue weighted by Gasteiger charge is 2.28. The van der Waals surface area contributed by atoms with Crippen LogP contribution in [0.5, 0.6) is 0 Å². The summed E-state index contributed by atoms with van der Waals surface area (Å²) in [6, 6.07) is 0.695. The first-order valence-electron chi connectivity index (χ1n) is 9.98. The van der Waals surface area contributed by atoms with Gasteiger partial charge in [0.15, 0.2) is 0 Å². The van der Waals surface area contributed by atoms with Gasteiger partial charge in [0, 0.05) is 36.7 Å². The van der Waals surface area contributed by atoms with E-state index in [0.717, 1.165) is 62.9 Å². The Bertz CT molecular complexity index is 753. The quantitative estimate of drug-likeness (QED) is 0.896.